The van der Waals surface area contributed by atoms with E-state index in [0.717, 1.165) is 0 Å². The van der Waals surface area contributed by atoms with Crippen LogP contribution in [0, 0.1) is 5.82 Å². The molecule has 1 aromatic rings. The third kappa shape index (κ3) is 2.40. The molecule has 0 radical (unpaired) electrons. The van der Waals surface area contributed by atoms with Crippen molar-refractivity contribution in [3.05, 3.63) is 28.0 Å². The summed E-state index contributed by atoms with van der Waals surface area (Å²) in [6, 6.07) is 2.81. The highest BCUT2D eigenvalue weighted by Gasteiger charge is 2.07. The molecule has 72 valence electrons. The fourth-order valence-corrected chi connectivity index (χ4v) is 1.31. The number of methoxy groups -OCH3 is 1. The van der Waals surface area contributed by atoms with Crippen LogP contribution in [0.2, 0.25) is 0 Å². The average Bonchev–Trinajstić information content (AvgIpc) is 2.11. The number of benzene rings is 1. The van der Waals surface area contributed by atoms with Crippen LogP contribution < -0.4 is 10.2 Å². The Labute approximate surface area is 83.6 Å². The molecule has 0 aliphatic carbocycles. The van der Waals surface area contributed by atoms with Gasteiger partial charge in [-0.1, -0.05) is 0 Å². The molecule has 0 saturated heterocycles. The van der Waals surface area contributed by atoms with Crippen LogP contribution >= 0.6 is 15.9 Å². The van der Waals surface area contributed by atoms with E-state index in [1.165, 1.54) is 19.2 Å². The van der Waals surface area contributed by atoms with Gasteiger partial charge in [-0.05, 0) is 28.1 Å². The van der Waals surface area contributed by atoms with Crippen molar-refractivity contribution in [2.75, 3.05) is 7.11 Å². The summed E-state index contributed by atoms with van der Waals surface area (Å²) in [5.74, 6) is 0.140. The van der Waals surface area contributed by atoms with Crippen molar-refractivity contribution in [2.24, 2.45) is 0 Å². The molecule has 0 fully saturated rings. The van der Waals surface area contributed by atoms with E-state index in [-0.39, 0.29) is 12.4 Å². The minimum atomic E-state index is -0.383. The Hall–Kier alpha value is -0.650. The Bertz CT molecular complexity index is 306. The third-order valence-corrected chi connectivity index (χ3v) is 2.20. The Balaban J connectivity index is 3.09. The summed E-state index contributed by atoms with van der Waals surface area (Å²) < 4.78 is 18.3. The maximum absolute atomic E-state index is 13.0. The molecule has 0 unspecified atom stereocenters. The van der Waals surface area contributed by atoms with Crippen molar-refractivity contribution in [2.45, 2.75) is 6.54 Å². The maximum Gasteiger partial charge on any atom is 0.137 e. The van der Waals surface area contributed by atoms with Crippen LogP contribution in [-0.4, -0.2) is 12.3 Å². The molecule has 0 aromatic heterocycles. The molecule has 0 saturated carbocycles. The lowest BCUT2D eigenvalue weighted by atomic mass is 10.2. The molecule has 0 aliphatic rings. The number of ether oxygens (including phenoxy) is 1. The van der Waals surface area contributed by atoms with Gasteiger partial charge in [0.05, 0.1) is 11.6 Å². The SMILES string of the molecule is COc1cc(Br)c(F)cc1CNO. The van der Waals surface area contributed by atoms with Gasteiger partial charge in [0.25, 0.3) is 0 Å². The van der Waals surface area contributed by atoms with Crippen LogP contribution in [0.4, 0.5) is 4.39 Å². The summed E-state index contributed by atoms with van der Waals surface area (Å²) in [5.41, 5.74) is 2.50. The van der Waals surface area contributed by atoms with Crippen molar-refractivity contribution in [1.82, 2.24) is 5.48 Å². The summed E-state index contributed by atoms with van der Waals surface area (Å²) in [5, 5.41) is 8.46. The first-order chi connectivity index (χ1) is 6.19. The second-order valence-corrected chi connectivity index (χ2v) is 3.27. The zero-order valence-corrected chi connectivity index (χ0v) is 8.56. The minimum Gasteiger partial charge on any atom is -0.496 e. The maximum atomic E-state index is 13.0. The molecule has 1 aromatic carbocycles. The van der Waals surface area contributed by atoms with Gasteiger partial charge in [-0.3, -0.25) is 0 Å². The number of rotatable bonds is 3. The van der Waals surface area contributed by atoms with Gasteiger partial charge in [0.15, 0.2) is 0 Å². The smallest absolute Gasteiger partial charge is 0.137 e. The lowest BCUT2D eigenvalue weighted by Gasteiger charge is -2.08. The zero-order chi connectivity index (χ0) is 9.84. The van der Waals surface area contributed by atoms with Gasteiger partial charge in [-0.15, -0.1) is 0 Å². The second kappa shape index (κ2) is 4.55. The highest BCUT2D eigenvalue weighted by atomic mass is 79.9. The fraction of sp³-hybridized carbons (Fsp3) is 0.250. The topological polar surface area (TPSA) is 41.5 Å². The molecule has 0 bridgehead atoms. The van der Waals surface area contributed by atoms with E-state index in [0.29, 0.717) is 15.8 Å². The van der Waals surface area contributed by atoms with E-state index >= 15 is 0 Å². The third-order valence-electron chi connectivity index (χ3n) is 1.59. The van der Waals surface area contributed by atoms with E-state index < -0.39 is 0 Å². The largest absolute Gasteiger partial charge is 0.496 e. The van der Waals surface area contributed by atoms with Gasteiger partial charge >= 0.3 is 0 Å². The van der Waals surface area contributed by atoms with Crippen molar-refractivity contribution in [3.63, 3.8) is 0 Å². The number of hydrogen-bond donors (Lipinski definition) is 2. The van der Waals surface area contributed by atoms with Crippen molar-refractivity contribution in [1.29, 1.82) is 0 Å². The van der Waals surface area contributed by atoms with Gasteiger partial charge in [0, 0.05) is 12.1 Å². The first-order valence-electron chi connectivity index (χ1n) is 3.58. The fourth-order valence-electron chi connectivity index (χ4n) is 0.983. The van der Waals surface area contributed by atoms with Gasteiger partial charge in [-0.25, -0.2) is 9.87 Å². The first kappa shape index (κ1) is 10.4. The molecule has 0 aliphatic heterocycles. The van der Waals surface area contributed by atoms with Crippen LogP contribution in [0.3, 0.4) is 0 Å². The van der Waals surface area contributed by atoms with Gasteiger partial charge in [-0.2, -0.15) is 0 Å². The van der Waals surface area contributed by atoms with Gasteiger partial charge in [0.1, 0.15) is 11.6 Å². The summed E-state index contributed by atoms with van der Waals surface area (Å²) in [7, 11) is 1.49. The molecule has 13 heavy (non-hydrogen) atoms. The lowest BCUT2D eigenvalue weighted by molar-refractivity contribution is 0.160. The van der Waals surface area contributed by atoms with Crippen LogP contribution in [0.1, 0.15) is 5.56 Å². The molecule has 0 heterocycles. The predicted octanol–water partition coefficient (Wildman–Crippen LogP) is 2.08. The Morgan fingerprint density at radius 1 is 1.62 bits per heavy atom. The molecular weight excluding hydrogens is 241 g/mol. The molecule has 2 N–H and O–H groups in total. The highest BCUT2D eigenvalue weighted by molar-refractivity contribution is 9.10. The summed E-state index contributed by atoms with van der Waals surface area (Å²) in [6.45, 7) is 0.146. The van der Waals surface area contributed by atoms with Crippen molar-refractivity contribution >= 4 is 15.9 Å². The number of hydroxylamine groups is 1. The summed E-state index contributed by atoms with van der Waals surface area (Å²) in [6.07, 6.45) is 0. The second-order valence-electron chi connectivity index (χ2n) is 2.41. The highest BCUT2D eigenvalue weighted by Crippen LogP contribution is 2.26. The van der Waals surface area contributed by atoms with Crippen LogP contribution in [0.15, 0.2) is 16.6 Å². The van der Waals surface area contributed by atoms with Crippen LogP contribution in [0.25, 0.3) is 0 Å². The standard InChI is InChI=1S/C8H9BrFNO2/c1-13-8-3-6(9)7(10)2-5(8)4-11-12/h2-3,11-12H,4H2,1H3. The summed E-state index contributed by atoms with van der Waals surface area (Å²) >= 11 is 3.03. The Morgan fingerprint density at radius 2 is 2.31 bits per heavy atom. The lowest BCUT2D eigenvalue weighted by Crippen LogP contribution is -2.08. The van der Waals surface area contributed by atoms with Crippen molar-refractivity contribution in [3.8, 4) is 5.75 Å². The van der Waals surface area contributed by atoms with Gasteiger partial charge in [0.2, 0.25) is 0 Å². The number of halogens is 2. The van der Waals surface area contributed by atoms with E-state index in [2.05, 4.69) is 15.9 Å². The Kier molecular flexibility index (Phi) is 3.65. The first-order valence-corrected chi connectivity index (χ1v) is 4.37. The molecule has 3 nitrogen and oxygen atoms in total. The quantitative estimate of drug-likeness (QED) is 0.807. The molecule has 0 amide bonds. The molecule has 1 rings (SSSR count). The Morgan fingerprint density at radius 3 is 2.85 bits per heavy atom. The molecule has 0 atom stereocenters. The molecule has 0 spiro atoms. The molecular formula is C8H9BrFNO2. The van der Waals surface area contributed by atoms with Crippen molar-refractivity contribution < 1.29 is 14.3 Å². The minimum absolute atomic E-state index is 0.146. The van der Waals surface area contributed by atoms with E-state index in [9.17, 15) is 4.39 Å². The normalized spacial score (nSPS) is 10.2. The summed E-state index contributed by atoms with van der Waals surface area (Å²) in [4.78, 5) is 0. The van der Waals surface area contributed by atoms with E-state index in [4.69, 9.17) is 9.94 Å². The zero-order valence-electron chi connectivity index (χ0n) is 6.97. The van der Waals surface area contributed by atoms with E-state index in [1.807, 2.05) is 5.48 Å². The molecule has 5 heteroatoms. The average molecular weight is 250 g/mol. The van der Waals surface area contributed by atoms with Crippen LogP contribution in [-0.2, 0) is 6.54 Å². The number of nitrogens with one attached hydrogen (secondary N) is 1. The van der Waals surface area contributed by atoms with Crippen LogP contribution in [0.5, 0.6) is 5.75 Å². The number of hydrogen-bond acceptors (Lipinski definition) is 3. The van der Waals surface area contributed by atoms with E-state index in [1.54, 1.807) is 0 Å². The predicted molar refractivity (Wildman–Crippen MR) is 49.3 cm³/mol. The monoisotopic (exact) mass is 249 g/mol. The van der Waals surface area contributed by atoms with Gasteiger partial charge < -0.3 is 9.94 Å².